The van der Waals surface area contributed by atoms with E-state index in [9.17, 15) is 19.2 Å². The highest BCUT2D eigenvalue weighted by Gasteiger charge is 2.38. The lowest BCUT2D eigenvalue weighted by Gasteiger charge is -2.35. The molecule has 0 spiro atoms. The van der Waals surface area contributed by atoms with E-state index in [1.54, 1.807) is 60.6 Å². The minimum absolute atomic E-state index is 0.166. The SMILES string of the molecule is CCN(C(=O)C(NC(=O)OC(C)(C)C)C(C)C)C(C(=O)NC(Cc1ccccc1)C(=O)OC(C)(C)C)c1ccc(C)cc1. The molecular formula is C34H49N3O6. The third kappa shape index (κ3) is 11.4. The molecule has 3 unspecified atom stereocenters. The van der Waals surface area contributed by atoms with Gasteiger partial charge in [0.2, 0.25) is 11.8 Å². The van der Waals surface area contributed by atoms with Gasteiger partial charge in [-0.1, -0.05) is 74.0 Å². The third-order valence-corrected chi connectivity index (χ3v) is 6.47. The topological polar surface area (TPSA) is 114 Å². The van der Waals surface area contributed by atoms with Crippen molar-refractivity contribution in [2.75, 3.05) is 6.54 Å². The summed E-state index contributed by atoms with van der Waals surface area (Å²) in [5.74, 6) is -1.86. The molecule has 0 aromatic heterocycles. The Labute approximate surface area is 256 Å². The Balaban J connectivity index is 2.51. The van der Waals surface area contributed by atoms with Crippen LogP contribution in [0.1, 0.15) is 85.0 Å². The number of rotatable bonds is 11. The maximum Gasteiger partial charge on any atom is 0.408 e. The highest BCUT2D eigenvalue weighted by molar-refractivity contribution is 5.94. The number of carbonyl (C=O) groups excluding carboxylic acids is 4. The van der Waals surface area contributed by atoms with Gasteiger partial charge in [0.25, 0.3) is 0 Å². The van der Waals surface area contributed by atoms with Crippen LogP contribution in [0.5, 0.6) is 0 Å². The number of amides is 3. The zero-order valence-corrected chi connectivity index (χ0v) is 27.3. The molecular weight excluding hydrogens is 546 g/mol. The summed E-state index contributed by atoms with van der Waals surface area (Å²) in [5, 5.41) is 5.59. The molecule has 9 heteroatoms. The first-order valence-corrected chi connectivity index (χ1v) is 14.9. The molecule has 2 aromatic carbocycles. The van der Waals surface area contributed by atoms with Crippen LogP contribution in [0.15, 0.2) is 54.6 Å². The summed E-state index contributed by atoms with van der Waals surface area (Å²) in [6, 6.07) is 13.6. The number of esters is 1. The summed E-state index contributed by atoms with van der Waals surface area (Å²) in [7, 11) is 0. The molecule has 0 heterocycles. The molecule has 9 nitrogen and oxygen atoms in total. The van der Waals surface area contributed by atoms with Crippen molar-refractivity contribution < 1.29 is 28.7 Å². The van der Waals surface area contributed by atoms with Crippen LogP contribution in [0.2, 0.25) is 0 Å². The van der Waals surface area contributed by atoms with Gasteiger partial charge in [0.1, 0.15) is 29.3 Å². The minimum Gasteiger partial charge on any atom is -0.458 e. The van der Waals surface area contributed by atoms with Crippen molar-refractivity contribution >= 4 is 23.9 Å². The molecule has 0 aliphatic heterocycles. The molecule has 43 heavy (non-hydrogen) atoms. The van der Waals surface area contributed by atoms with Gasteiger partial charge in [-0.15, -0.1) is 0 Å². The average Bonchev–Trinajstić information content (AvgIpc) is 2.88. The number of nitrogens with zero attached hydrogens (tertiary/aromatic N) is 1. The molecule has 0 aliphatic carbocycles. The fourth-order valence-corrected chi connectivity index (χ4v) is 4.48. The zero-order valence-electron chi connectivity index (χ0n) is 27.3. The highest BCUT2D eigenvalue weighted by atomic mass is 16.6. The van der Waals surface area contributed by atoms with Crippen molar-refractivity contribution in [3.63, 3.8) is 0 Å². The molecule has 2 N–H and O–H groups in total. The van der Waals surface area contributed by atoms with Gasteiger partial charge in [0, 0.05) is 13.0 Å². The van der Waals surface area contributed by atoms with E-state index in [2.05, 4.69) is 10.6 Å². The smallest absolute Gasteiger partial charge is 0.408 e. The van der Waals surface area contributed by atoms with E-state index in [-0.39, 0.29) is 18.9 Å². The second-order valence-corrected chi connectivity index (χ2v) is 13.1. The van der Waals surface area contributed by atoms with E-state index in [1.165, 1.54) is 4.90 Å². The average molecular weight is 596 g/mol. The Morgan fingerprint density at radius 2 is 1.37 bits per heavy atom. The molecule has 2 aromatic rings. The lowest BCUT2D eigenvalue weighted by atomic mass is 9.97. The largest absolute Gasteiger partial charge is 0.458 e. The molecule has 3 atom stereocenters. The van der Waals surface area contributed by atoms with Gasteiger partial charge in [0.05, 0.1) is 0 Å². The van der Waals surface area contributed by atoms with Crippen LogP contribution in [-0.4, -0.2) is 58.6 Å². The third-order valence-electron chi connectivity index (χ3n) is 6.47. The number of carbonyl (C=O) groups is 4. The molecule has 236 valence electrons. The van der Waals surface area contributed by atoms with E-state index < -0.39 is 53.2 Å². The Kier molecular flexibility index (Phi) is 12.3. The van der Waals surface area contributed by atoms with Gasteiger partial charge in [-0.3, -0.25) is 9.59 Å². The van der Waals surface area contributed by atoms with E-state index in [0.717, 1.165) is 11.1 Å². The van der Waals surface area contributed by atoms with Crippen molar-refractivity contribution in [2.45, 2.75) is 105 Å². The van der Waals surface area contributed by atoms with E-state index in [1.807, 2.05) is 63.2 Å². The van der Waals surface area contributed by atoms with Gasteiger partial charge < -0.3 is 25.0 Å². The Morgan fingerprint density at radius 1 is 0.814 bits per heavy atom. The van der Waals surface area contributed by atoms with E-state index in [0.29, 0.717) is 5.56 Å². The number of hydrogen-bond acceptors (Lipinski definition) is 6. The summed E-state index contributed by atoms with van der Waals surface area (Å²) in [5.41, 5.74) is 0.880. The van der Waals surface area contributed by atoms with E-state index >= 15 is 0 Å². The number of aryl methyl sites for hydroxylation is 1. The molecule has 0 saturated heterocycles. The van der Waals surface area contributed by atoms with Crippen LogP contribution in [0.4, 0.5) is 4.79 Å². The van der Waals surface area contributed by atoms with Crippen LogP contribution in [0.25, 0.3) is 0 Å². The van der Waals surface area contributed by atoms with Gasteiger partial charge in [0.15, 0.2) is 0 Å². The minimum atomic E-state index is -1.08. The maximum atomic E-state index is 14.2. The molecule has 0 fully saturated rings. The first-order chi connectivity index (χ1) is 19.9. The molecule has 3 amide bonds. The van der Waals surface area contributed by atoms with Crippen molar-refractivity contribution in [1.29, 1.82) is 0 Å². The summed E-state index contributed by atoms with van der Waals surface area (Å²) in [4.78, 5) is 55.7. The quantitative estimate of drug-likeness (QED) is 0.332. The maximum absolute atomic E-state index is 14.2. The van der Waals surface area contributed by atoms with Crippen LogP contribution in [0.3, 0.4) is 0 Å². The van der Waals surface area contributed by atoms with Crippen LogP contribution < -0.4 is 10.6 Å². The van der Waals surface area contributed by atoms with E-state index in [4.69, 9.17) is 9.47 Å². The lowest BCUT2D eigenvalue weighted by Crippen LogP contribution is -2.56. The van der Waals surface area contributed by atoms with Crippen molar-refractivity contribution in [1.82, 2.24) is 15.5 Å². The Morgan fingerprint density at radius 3 is 1.86 bits per heavy atom. The van der Waals surface area contributed by atoms with Gasteiger partial charge >= 0.3 is 12.1 Å². The number of alkyl carbamates (subject to hydrolysis) is 1. The number of likely N-dealkylation sites (N-methyl/N-ethyl adjacent to an activating group) is 1. The molecule has 0 aliphatic rings. The van der Waals surface area contributed by atoms with Crippen LogP contribution >= 0.6 is 0 Å². The summed E-state index contributed by atoms with van der Waals surface area (Å²) in [6.07, 6.45) is -0.517. The monoisotopic (exact) mass is 595 g/mol. The molecule has 0 radical (unpaired) electrons. The predicted octanol–water partition coefficient (Wildman–Crippen LogP) is 5.50. The van der Waals surface area contributed by atoms with Crippen molar-refractivity contribution in [2.24, 2.45) is 5.92 Å². The predicted molar refractivity (Wildman–Crippen MR) is 167 cm³/mol. The summed E-state index contributed by atoms with van der Waals surface area (Å²) in [6.45, 7) is 18.0. The lowest BCUT2D eigenvalue weighted by molar-refractivity contribution is -0.159. The number of benzene rings is 2. The first kappa shape index (κ1) is 35.3. The van der Waals surface area contributed by atoms with Crippen LogP contribution in [0, 0.1) is 12.8 Å². The Hall–Kier alpha value is -3.88. The Bertz CT molecular complexity index is 1230. The number of hydrogen-bond donors (Lipinski definition) is 2. The van der Waals surface area contributed by atoms with Gasteiger partial charge in [-0.25, -0.2) is 9.59 Å². The number of ether oxygens (including phenoxy) is 2. The van der Waals surface area contributed by atoms with Crippen molar-refractivity contribution in [3.05, 3.63) is 71.3 Å². The molecule has 0 saturated carbocycles. The van der Waals surface area contributed by atoms with Gasteiger partial charge in [-0.2, -0.15) is 0 Å². The molecule has 0 bridgehead atoms. The standard InChI is InChI=1S/C34H49N3O6/c1-11-37(30(39)27(22(2)3)36-32(41)43-34(8,9)10)28(25-19-17-23(4)18-20-25)29(38)35-26(31(40)42-33(5,6)7)21-24-15-13-12-14-16-24/h12-20,22,26-28H,11,21H2,1-10H3,(H,35,38)(H,36,41). The summed E-state index contributed by atoms with van der Waals surface area (Å²) < 4.78 is 11.1. The first-order valence-electron chi connectivity index (χ1n) is 14.9. The number of nitrogens with one attached hydrogen (secondary N) is 2. The second kappa shape index (κ2) is 15.0. The normalized spacial score (nSPS) is 13.8. The second-order valence-electron chi connectivity index (χ2n) is 13.1. The molecule has 2 rings (SSSR count). The van der Waals surface area contributed by atoms with Gasteiger partial charge in [-0.05, 0) is 72.4 Å². The van der Waals surface area contributed by atoms with Crippen LogP contribution in [-0.2, 0) is 30.3 Å². The fourth-order valence-electron chi connectivity index (χ4n) is 4.48. The van der Waals surface area contributed by atoms with Crippen molar-refractivity contribution in [3.8, 4) is 0 Å². The summed E-state index contributed by atoms with van der Waals surface area (Å²) >= 11 is 0. The fraction of sp³-hybridized carbons (Fsp3) is 0.529. The zero-order chi connectivity index (χ0) is 32.5. The highest BCUT2D eigenvalue weighted by Crippen LogP contribution is 2.25.